The predicted molar refractivity (Wildman–Crippen MR) is 213 cm³/mol. The molecule has 2 aromatic heterocycles. The number of aliphatic imine (C=N–C) groups is 2. The summed E-state index contributed by atoms with van der Waals surface area (Å²) in [7, 11) is 0. The molecule has 52 heavy (non-hydrogen) atoms. The van der Waals surface area contributed by atoms with Gasteiger partial charge in [-0.05, 0) is 80.7 Å². The highest BCUT2D eigenvalue weighted by atomic mass is 16.3. The molecular weight excluding hydrogens is 639 g/mol. The Bertz CT molecular complexity index is 3110. The third-order valence-electron chi connectivity index (χ3n) is 10.3. The number of amidine groups is 2. The normalized spacial score (nSPS) is 14.7. The van der Waals surface area contributed by atoms with Crippen LogP contribution in [0, 0.1) is 0 Å². The largest absolute Gasteiger partial charge is 0.456 e. The Morgan fingerprint density at radius 2 is 1.10 bits per heavy atom. The average Bonchev–Trinajstić information content (AvgIpc) is 3.79. The van der Waals surface area contributed by atoms with Gasteiger partial charge in [-0.2, -0.15) is 0 Å². The zero-order valence-electron chi connectivity index (χ0n) is 27.9. The number of hydrogen-bond acceptors (Lipinski definition) is 5. The third-order valence-corrected chi connectivity index (χ3v) is 10.3. The van der Waals surface area contributed by atoms with Gasteiger partial charge in [0, 0.05) is 32.7 Å². The van der Waals surface area contributed by atoms with E-state index < -0.39 is 0 Å². The second-order valence-electron chi connectivity index (χ2n) is 13.4. The maximum Gasteiger partial charge on any atom is 0.160 e. The summed E-state index contributed by atoms with van der Waals surface area (Å²) in [5.41, 5.74) is 8.59. The monoisotopic (exact) mass is 667 g/mol. The molecule has 0 radical (unpaired) electrons. The number of furan rings is 2. The van der Waals surface area contributed by atoms with Gasteiger partial charge in [0.1, 0.15) is 34.3 Å². The van der Waals surface area contributed by atoms with E-state index in [0.29, 0.717) is 5.84 Å². The first-order chi connectivity index (χ1) is 25.7. The van der Waals surface area contributed by atoms with E-state index in [9.17, 15) is 0 Å². The molecule has 0 saturated heterocycles. The van der Waals surface area contributed by atoms with Gasteiger partial charge < -0.3 is 14.2 Å². The van der Waals surface area contributed by atoms with E-state index in [-0.39, 0.29) is 6.17 Å². The van der Waals surface area contributed by atoms with E-state index in [1.54, 1.807) is 0 Å². The van der Waals surface area contributed by atoms with Crippen molar-refractivity contribution in [2.24, 2.45) is 9.98 Å². The van der Waals surface area contributed by atoms with E-state index in [2.05, 4.69) is 139 Å². The molecule has 11 rings (SSSR count). The van der Waals surface area contributed by atoms with E-state index in [1.165, 1.54) is 21.5 Å². The zero-order chi connectivity index (χ0) is 34.2. The molecule has 1 N–H and O–H groups in total. The molecule has 0 fully saturated rings. The van der Waals surface area contributed by atoms with Gasteiger partial charge in [-0.1, -0.05) is 121 Å². The molecule has 1 aliphatic heterocycles. The molecule has 244 valence electrons. The lowest BCUT2D eigenvalue weighted by molar-refractivity contribution is 0.668. The maximum atomic E-state index is 6.48. The summed E-state index contributed by atoms with van der Waals surface area (Å²) in [6.45, 7) is 0. The van der Waals surface area contributed by atoms with Crippen molar-refractivity contribution >= 4 is 77.1 Å². The van der Waals surface area contributed by atoms with Crippen molar-refractivity contribution in [2.45, 2.75) is 6.17 Å². The third kappa shape index (κ3) is 4.56. The van der Waals surface area contributed by atoms with Gasteiger partial charge in [0.15, 0.2) is 5.84 Å². The molecular formula is C47H29N3O2. The molecule has 0 saturated carbocycles. The summed E-state index contributed by atoms with van der Waals surface area (Å²) in [4.78, 5) is 10.4. The second-order valence-corrected chi connectivity index (χ2v) is 13.4. The molecule has 0 bridgehead atoms. The van der Waals surface area contributed by atoms with Crippen molar-refractivity contribution in [3.05, 3.63) is 180 Å². The van der Waals surface area contributed by atoms with Crippen LogP contribution in [0.1, 0.15) is 22.9 Å². The van der Waals surface area contributed by atoms with Crippen molar-refractivity contribution in [3.63, 3.8) is 0 Å². The quantitative estimate of drug-likeness (QED) is 0.203. The maximum absolute atomic E-state index is 6.48. The van der Waals surface area contributed by atoms with Crippen LogP contribution in [0.4, 0.5) is 0 Å². The van der Waals surface area contributed by atoms with Crippen LogP contribution in [0.15, 0.2) is 183 Å². The Morgan fingerprint density at radius 1 is 0.442 bits per heavy atom. The fraction of sp³-hybridized carbons (Fsp3) is 0.0213. The number of hydrogen-bond donors (Lipinski definition) is 1. The van der Waals surface area contributed by atoms with E-state index >= 15 is 0 Å². The minimum atomic E-state index is -0.330. The molecule has 1 unspecified atom stereocenters. The average molecular weight is 668 g/mol. The Labute approximate surface area is 298 Å². The van der Waals surface area contributed by atoms with Crippen LogP contribution in [-0.2, 0) is 0 Å². The van der Waals surface area contributed by atoms with Crippen LogP contribution in [0.2, 0.25) is 0 Å². The summed E-state index contributed by atoms with van der Waals surface area (Å²) in [5, 5.41) is 12.6. The van der Waals surface area contributed by atoms with Crippen LogP contribution < -0.4 is 5.32 Å². The van der Waals surface area contributed by atoms with Gasteiger partial charge in [0.2, 0.25) is 0 Å². The van der Waals surface area contributed by atoms with Crippen LogP contribution in [0.5, 0.6) is 0 Å². The van der Waals surface area contributed by atoms with E-state index in [1.807, 2.05) is 30.3 Å². The van der Waals surface area contributed by atoms with Gasteiger partial charge in [-0.25, -0.2) is 9.98 Å². The molecule has 0 spiro atoms. The van der Waals surface area contributed by atoms with Crippen molar-refractivity contribution < 1.29 is 8.83 Å². The lowest BCUT2D eigenvalue weighted by Crippen LogP contribution is -2.33. The van der Waals surface area contributed by atoms with Crippen LogP contribution in [-0.4, -0.2) is 11.7 Å². The van der Waals surface area contributed by atoms with Gasteiger partial charge in [-0.3, -0.25) is 0 Å². The van der Waals surface area contributed by atoms with Crippen LogP contribution in [0.3, 0.4) is 0 Å². The summed E-state index contributed by atoms with van der Waals surface area (Å²) in [6, 6.07) is 56.9. The van der Waals surface area contributed by atoms with Crippen LogP contribution >= 0.6 is 0 Å². The Morgan fingerprint density at radius 3 is 1.90 bits per heavy atom. The van der Waals surface area contributed by atoms with E-state index in [0.717, 1.165) is 77.5 Å². The van der Waals surface area contributed by atoms with Gasteiger partial charge in [0.05, 0.1) is 0 Å². The number of benzene rings is 8. The molecule has 0 aliphatic carbocycles. The SMILES string of the molecule is c1ccc(C2=NC(c3cccc4oc5ccc(-c6ccc7oc8ccc9ccccc9c8c7c6)cc5c34)=NC(c3ccc4ccccc4c3)N2)cc1. The standard InChI is InChI=1S/C47H29N3O2/c1-2-11-30(12-3-1)45-48-46(34-18-17-28-9-4-5-13-31(28)25-34)50-47(49-45)36-15-8-16-41-44(36)38-27-33(21-23-40(38)51-41)32-20-22-39-37(26-32)43-35-14-7-6-10-29(35)19-24-42(43)52-39/h1-27,46H,(H,48,49,50). The Kier molecular flexibility index (Phi) is 6.25. The number of nitrogens with one attached hydrogen (secondary N) is 1. The first kappa shape index (κ1) is 28.8. The van der Waals surface area contributed by atoms with Gasteiger partial charge >= 0.3 is 0 Å². The zero-order valence-corrected chi connectivity index (χ0v) is 27.9. The predicted octanol–water partition coefficient (Wildman–Crippen LogP) is 12.0. The van der Waals surface area contributed by atoms with Gasteiger partial charge in [-0.15, -0.1) is 0 Å². The first-order valence-corrected chi connectivity index (χ1v) is 17.5. The smallest absolute Gasteiger partial charge is 0.160 e. The minimum absolute atomic E-state index is 0.330. The summed E-state index contributed by atoms with van der Waals surface area (Å²) >= 11 is 0. The lowest BCUT2D eigenvalue weighted by Gasteiger charge is -2.24. The second kappa shape index (κ2) is 11.3. The van der Waals surface area contributed by atoms with E-state index in [4.69, 9.17) is 18.8 Å². The highest BCUT2D eigenvalue weighted by Gasteiger charge is 2.24. The summed E-state index contributed by atoms with van der Waals surface area (Å²) in [6.07, 6.45) is -0.330. The number of nitrogens with zero attached hydrogens (tertiary/aromatic N) is 2. The minimum Gasteiger partial charge on any atom is -0.456 e. The summed E-state index contributed by atoms with van der Waals surface area (Å²) in [5.74, 6) is 1.44. The number of fused-ring (bicyclic) bond motifs is 9. The fourth-order valence-corrected chi connectivity index (χ4v) is 7.78. The van der Waals surface area contributed by atoms with Crippen molar-refractivity contribution in [1.82, 2.24) is 5.32 Å². The molecule has 1 atom stereocenters. The fourth-order valence-electron chi connectivity index (χ4n) is 7.78. The Balaban J connectivity index is 1.08. The lowest BCUT2D eigenvalue weighted by atomic mass is 9.98. The molecule has 1 aliphatic rings. The molecule has 5 heteroatoms. The topological polar surface area (TPSA) is 63.0 Å². The number of rotatable bonds is 4. The Hall–Kier alpha value is -6.98. The highest BCUT2D eigenvalue weighted by molar-refractivity contribution is 6.23. The van der Waals surface area contributed by atoms with Crippen molar-refractivity contribution in [1.29, 1.82) is 0 Å². The molecule has 0 amide bonds. The van der Waals surface area contributed by atoms with Crippen molar-refractivity contribution in [3.8, 4) is 11.1 Å². The molecule has 5 nitrogen and oxygen atoms in total. The first-order valence-electron chi connectivity index (χ1n) is 17.5. The van der Waals surface area contributed by atoms with Crippen molar-refractivity contribution in [2.75, 3.05) is 0 Å². The molecule has 8 aromatic carbocycles. The summed E-state index contributed by atoms with van der Waals surface area (Å²) < 4.78 is 12.8. The molecule has 10 aromatic rings. The van der Waals surface area contributed by atoms with Gasteiger partial charge in [0.25, 0.3) is 0 Å². The highest BCUT2D eigenvalue weighted by Crippen LogP contribution is 2.39. The van der Waals surface area contributed by atoms with Crippen LogP contribution in [0.25, 0.3) is 76.5 Å². The molecule has 3 heterocycles.